The van der Waals surface area contributed by atoms with E-state index >= 15 is 0 Å². The van der Waals surface area contributed by atoms with Crippen molar-refractivity contribution < 1.29 is 0 Å². The van der Waals surface area contributed by atoms with Gasteiger partial charge in [0.05, 0.1) is 4.99 Å². The molecule has 0 bridgehead atoms. The van der Waals surface area contributed by atoms with Gasteiger partial charge in [0, 0.05) is 12.2 Å². The fraction of sp³-hybridized carbons (Fsp3) is 0.286. The van der Waals surface area contributed by atoms with Gasteiger partial charge in [-0.15, -0.1) is 0 Å². The number of hydrogen-bond acceptors (Lipinski definition) is 4. The number of hydrogen-bond donors (Lipinski definition) is 2. The lowest BCUT2D eigenvalue weighted by molar-refractivity contribution is 1.11. The Bertz CT molecular complexity index is 308. The minimum atomic E-state index is 0.268. The maximum Gasteiger partial charge on any atom is 0.229 e. The monoisotopic (exact) mass is 216 g/mol. The number of nitrogens with two attached hydrogens (primary N) is 1. The summed E-state index contributed by atoms with van der Waals surface area (Å²) < 4.78 is 0. The van der Waals surface area contributed by atoms with Gasteiger partial charge in [0.15, 0.2) is 0 Å². The van der Waals surface area contributed by atoms with Gasteiger partial charge in [-0.2, -0.15) is 0 Å². The summed E-state index contributed by atoms with van der Waals surface area (Å²) in [5.74, 6) is 0.389. The number of nitrogens with zero attached hydrogens (tertiary/aromatic N) is 2. The first-order valence-corrected chi connectivity index (χ1v) is 4.41. The topological polar surface area (TPSA) is 63.8 Å². The molecule has 0 unspecified atom stereocenters. The van der Waals surface area contributed by atoms with Crippen molar-refractivity contribution in [1.29, 1.82) is 0 Å². The first-order valence-electron chi connectivity index (χ1n) is 3.63. The van der Waals surface area contributed by atoms with Gasteiger partial charge in [-0.1, -0.05) is 23.8 Å². The van der Waals surface area contributed by atoms with Crippen molar-refractivity contribution >= 4 is 34.8 Å². The molecular formula is C7H9ClN4S. The van der Waals surface area contributed by atoms with Crippen LogP contribution >= 0.6 is 23.8 Å². The number of aryl methyl sites for hydroxylation is 1. The summed E-state index contributed by atoms with van der Waals surface area (Å²) in [6.45, 7) is 2.09. The van der Waals surface area contributed by atoms with E-state index in [9.17, 15) is 0 Å². The number of aromatic nitrogens is 2. The van der Waals surface area contributed by atoms with Crippen LogP contribution in [-0.4, -0.2) is 21.5 Å². The third kappa shape index (κ3) is 3.22. The fourth-order valence-electron chi connectivity index (χ4n) is 0.762. The predicted octanol–water partition coefficient (Wildman–Crippen LogP) is 1.14. The molecule has 6 heteroatoms. The van der Waals surface area contributed by atoms with Gasteiger partial charge < -0.3 is 11.1 Å². The van der Waals surface area contributed by atoms with Crippen LogP contribution in [0.1, 0.15) is 5.69 Å². The molecule has 0 saturated carbocycles. The van der Waals surface area contributed by atoms with E-state index in [1.165, 1.54) is 0 Å². The molecule has 1 rings (SSSR count). The third-order valence-corrected chi connectivity index (χ3v) is 1.72. The van der Waals surface area contributed by atoms with Gasteiger partial charge in [-0.3, -0.25) is 0 Å². The van der Waals surface area contributed by atoms with Crippen LogP contribution in [0.2, 0.25) is 5.15 Å². The first-order chi connectivity index (χ1) is 6.11. The molecule has 0 spiro atoms. The molecule has 0 amide bonds. The summed E-state index contributed by atoms with van der Waals surface area (Å²) in [6, 6.07) is 1.66. The number of thiocarbonyl (C=S) groups is 1. The quantitative estimate of drug-likeness (QED) is 0.573. The van der Waals surface area contributed by atoms with E-state index in [-0.39, 0.29) is 6.54 Å². The van der Waals surface area contributed by atoms with E-state index in [0.717, 1.165) is 5.69 Å². The summed E-state index contributed by atoms with van der Waals surface area (Å²) in [4.78, 5) is 8.48. The molecule has 1 aromatic heterocycles. The van der Waals surface area contributed by atoms with Crippen molar-refractivity contribution in [2.75, 3.05) is 11.9 Å². The molecule has 0 aliphatic carbocycles. The minimum absolute atomic E-state index is 0.268. The van der Waals surface area contributed by atoms with Crippen LogP contribution in [-0.2, 0) is 0 Å². The van der Waals surface area contributed by atoms with Crippen molar-refractivity contribution in [3.05, 3.63) is 16.9 Å². The van der Waals surface area contributed by atoms with Gasteiger partial charge in [0.2, 0.25) is 5.95 Å². The number of rotatable bonds is 2. The fourth-order valence-corrected chi connectivity index (χ4v) is 1.09. The Morgan fingerprint density at radius 2 is 2.38 bits per heavy atom. The molecule has 0 aromatic carbocycles. The summed E-state index contributed by atoms with van der Waals surface area (Å²) in [6.07, 6.45) is 0. The van der Waals surface area contributed by atoms with Crippen LogP contribution in [0.5, 0.6) is 0 Å². The molecule has 0 radical (unpaired) electrons. The highest BCUT2D eigenvalue weighted by molar-refractivity contribution is 7.80. The molecule has 1 heterocycles. The van der Waals surface area contributed by atoms with E-state index in [0.29, 0.717) is 16.1 Å². The Morgan fingerprint density at radius 1 is 1.69 bits per heavy atom. The smallest absolute Gasteiger partial charge is 0.229 e. The molecule has 70 valence electrons. The van der Waals surface area contributed by atoms with Gasteiger partial charge in [0.25, 0.3) is 0 Å². The van der Waals surface area contributed by atoms with Crippen molar-refractivity contribution in [1.82, 2.24) is 9.97 Å². The van der Waals surface area contributed by atoms with E-state index in [2.05, 4.69) is 15.3 Å². The second-order valence-corrected chi connectivity index (χ2v) is 3.29. The summed E-state index contributed by atoms with van der Waals surface area (Å²) in [5, 5.41) is 3.16. The van der Waals surface area contributed by atoms with E-state index in [1.54, 1.807) is 6.07 Å². The molecule has 4 nitrogen and oxygen atoms in total. The zero-order valence-corrected chi connectivity index (χ0v) is 8.61. The first kappa shape index (κ1) is 10.3. The van der Waals surface area contributed by atoms with Crippen LogP contribution < -0.4 is 11.1 Å². The van der Waals surface area contributed by atoms with Gasteiger partial charge in [-0.05, 0) is 13.0 Å². The number of nitrogens with one attached hydrogen (secondary N) is 1. The summed E-state index contributed by atoms with van der Waals surface area (Å²) in [5.41, 5.74) is 6.08. The second kappa shape index (κ2) is 4.45. The molecule has 0 atom stereocenters. The van der Waals surface area contributed by atoms with Gasteiger partial charge in [0.1, 0.15) is 5.15 Å². The van der Waals surface area contributed by atoms with Crippen LogP contribution in [0, 0.1) is 6.92 Å². The third-order valence-electron chi connectivity index (χ3n) is 1.26. The molecule has 0 aliphatic heterocycles. The van der Waals surface area contributed by atoms with Crippen molar-refractivity contribution in [3.8, 4) is 0 Å². The van der Waals surface area contributed by atoms with Crippen molar-refractivity contribution in [2.45, 2.75) is 6.92 Å². The van der Waals surface area contributed by atoms with Crippen molar-refractivity contribution in [3.63, 3.8) is 0 Å². The highest BCUT2D eigenvalue weighted by atomic mass is 35.5. The lowest BCUT2D eigenvalue weighted by Crippen LogP contribution is -2.21. The Balaban J connectivity index is 2.83. The van der Waals surface area contributed by atoms with Gasteiger partial charge in [-0.25, -0.2) is 9.97 Å². The average molecular weight is 217 g/mol. The molecule has 0 saturated heterocycles. The number of anilines is 1. The SMILES string of the molecule is Cc1cc(Cl)nc(NC(=S)CN)n1. The largest absolute Gasteiger partial charge is 0.325 e. The predicted molar refractivity (Wildman–Crippen MR) is 57.1 cm³/mol. The second-order valence-electron chi connectivity index (χ2n) is 2.41. The van der Waals surface area contributed by atoms with Crippen LogP contribution in [0.4, 0.5) is 5.95 Å². The molecule has 0 fully saturated rings. The van der Waals surface area contributed by atoms with Gasteiger partial charge >= 0.3 is 0 Å². The van der Waals surface area contributed by atoms with Crippen LogP contribution in [0.15, 0.2) is 6.07 Å². The zero-order valence-electron chi connectivity index (χ0n) is 7.04. The summed E-state index contributed by atoms with van der Waals surface area (Å²) >= 11 is 10.6. The standard InChI is InChI=1S/C7H9ClN4S/c1-4-2-5(8)11-7(10-4)12-6(13)3-9/h2H,3,9H2,1H3,(H,10,11,12,13). The van der Waals surface area contributed by atoms with E-state index in [1.807, 2.05) is 6.92 Å². The molecular weight excluding hydrogens is 208 g/mol. The Labute approximate surface area is 86.5 Å². The highest BCUT2D eigenvalue weighted by Crippen LogP contribution is 2.09. The van der Waals surface area contributed by atoms with Crippen LogP contribution in [0.25, 0.3) is 0 Å². The van der Waals surface area contributed by atoms with Crippen molar-refractivity contribution in [2.24, 2.45) is 5.73 Å². The lowest BCUT2D eigenvalue weighted by atomic mass is 10.4. The Kier molecular flexibility index (Phi) is 3.53. The highest BCUT2D eigenvalue weighted by Gasteiger charge is 2.01. The Hall–Kier alpha value is -0.780. The normalized spacial score (nSPS) is 9.77. The molecule has 1 aromatic rings. The van der Waals surface area contributed by atoms with Crippen LogP contribution in [0.3, 0.4) is 0 Å². The zero-order chi connectivity index (χ0) is 9.84. The maximum absolute atomic E-state index is 5.71. The Morgan fingerprint density at radius 3 is 2.92 bits per heavy atom. The summed E-state index contributed by atoms with van der Waals surface area (Å²) in [7, 11) is 0. The number of halogens is 1. The molecule has 3 N–H and O–H groups in total. The van der Waals surface area contributed by atoms with E-state index in [4.69, 9.17) is 29.6 Å². The lowest BCUT2D eigenvalue weighted by Gasteiger charge is -2.04. The minimum Gasteiger partial charge on any atom is -0.325 e. The maximum atomic E-state index is 5.71. The molecule has 0 aliphatic rings. The average Bonchev–Trinajstić information content (AvgIpc) is 2.02. The molecule has 13 heavy (non-hydrogen) atoms. The van der Waals surface area contributed by atoms with E-state index < -0.39 is 0 Å².